The molecule has 0 saturated carbocycles. The number of carboxylic acid groups (broad SMARTS) is 2. The van der Waals surface area contributed by atoms with Gasteiger partial charge in [0.25, 0.3) is 5.78 Å². The lowest BCUT2D eigenvalue weighted by Gasteiger charge is -2.27. The number of alkyl carbamates (subject to hydrolysis) is 1. The van der Waals surface area contributed by atoms with E-state index in [-0.39, 0.29) is 6.61 Å². The van der Waals surface area contributed by atoms with Crippen molar-refractivity contribution >= 4 is 35.6 Å². The largest absolute Gasteiger partial charge is 0.481 e. The molecule has 0 heterocycles. The zero-order valence-electron chi connectivity index (χ0n) is 20.8. The fourth-order valence-electron chi connectivity index (χ4n) is 3.22. The van der Waals surface area contributed by atoms with E-state index in [1.165, 1.54) is 0 Å². The summed E-state index contributed by atoms with van der Waals surface area (Å²) >= 11 is 0. The second kappa shape index (κ2) is 15.9. The highest BCUT2D eigenvalue weighted by atomic mass is 19.3. The summed E-state index contributed by atoms with van der Waals surface area (Å²) in [5.41, 5.74) is 0.687. The van der Waals surface area contributed by atoms with Crippen LogP contribution in [0.3, 0.4) is 0 Å². The number of ketones is 1. The summed E-state index contributed by atoms with van der Waals surface area (Å²) in [6.07, 6.45) is -6.14. The number of hydrogen-bond donors (Lipinski definition) is 5. The number of alkyl halides is 2. The van der Waals surface area contributed by atoms with E-state index < -0.39 is 85.4 Å². The van der Waals surface area contributed by atoms with Crippen molar-refractivity contribution in [3.05, 3.63) is 35.9 Å². The molecule has 12 nitrogen and oxygen atoms in total. The van der Waals surface area contributed by atoms with Gasteiger partial charge in [0.05, 0.1) is 0 Å². The molecule has 14 heteroatoms. The Kier molecular flexibility index (Phi) is 13.4. The smallest absolute Gasteiger partial charge is 0.408 e. The number of halogens is 2. The molecule has 0 bridgehead atoms. The number of ether oxygens (including phenoxy) is 1. The summed E-state index contributed by atoms with van der Waals surface area (Å²) < 4.78 is 30.8. The normalized spacial score (nSPS) is 13.9. The van der Waals surface area contributed by atoms with Crippen molar-refractivity contribution in [2.75, 3.05) is 0 Å². The lowest BCUT2D eigenvalue weighted by atomic mass is 9.97. The van der Waals surface area contributed by atoms with E-state index in [4.69, 9.17) is 14.9 Å². The van der Waals surface area contributed by atoms with Gasteiger partial charge in [0.1, 0.15) is 24.7 Å². The average molecular weight is 544 g/mol. The molecule has 0 aliphatic heterocycles. The number of hydrogen-bond acceptors (Lipinski definition) is 7. The molecule has 210 valence electrons. The molecule has 1 aromatic rings. The molecule has 0 spiro atoms. The van der Waals surface area contributed by atoms with E-state index in [2.05, 4.69) is 10.6 Å². The van der Waals surface area contributed by atoms with Crippen molar-refractivity contribution in [1.82, 2.24) is 16.0 Å². The molecule has 0 aromatic heterocycles. The summed E-state index contributed by atoms with van der Waals surface area (Å²) in [5, 5.41) is 24.4. The van der Waals surface area contributed by atoms with Crippen LogP contribution < -0.4 is 16.0 Å². The highest BCUT2D eigenvalue weighted by Crippen LogP contribution is 2.12. The van der Waals surface area contributed by atoms with Crippen LogP contribution in [-0.4, -0.2) is 70.4 Å². The van der Waals surface area contributed by atoms with E-state index in [1.807, 2.05) is 5.32 Å². The monoisotopic (exact) mass is 543 g/mol. The summed E-state index contributed by atoms with van der Waals surface area (Å²) in [6.45, 7) is 3.26. The molecular formula is C24H31F2N3O9. The van der Waals surface area contributed by atoms with Crippen LogP contribution in [-0.2, 0) is 35.3 Å². The van der Waals surface area contributed by atoms with Crippen LogP contribution in [0.1, 0.15) is 45.1 Å². The van der Waals surface area contributed by atoms with Gasteiger partial charge in [0.15, 0.2) is 0 Å². The Bertz CT molecular complexity index is 992. The Morgan fingerprint density at radius 1 is 0.921 bits per heavy atom. The minimum atomic E-state index is -3.14. The third-order valence-electron chi connectivity index (χ3n) is 5.52. The van der Waals surface area contributed by atoms with Crippen molar-refractivity contribution in [2.24, 2.45) is 5.92 Å². The summed E-state index contributed by atoms with van der Waals surface area (Å²) in [7, 11) is 0. The van der Waals surface area contributed by atoms with Crippen molar-refractivity contribution in [3.63, 3.8) is 0 Å². The van der Waals surface area contributed by atoms with E-state index in [1.54, 1.807) is 44.2 Å². The number of carbonyl (C=O) groups is 6. The Morgan fingerprint density at radius 2 is 1.53 bits per heavy atom. The predicted octanol–water partition coefficient (Wildman–Crippen LogP) is 1.47. The highest BCUT2D eigenvalue weighted by Gasteiger charge is 2.34. The van der Waals surface area contributed by atoms with Gasteiger partial charge in [-0.25, -0.2) is 18.4 Å². The molecule has 0 fully saturated rings. The number of benzene rings is 1. The minimum absolute atomic E-state index is 0.0890. The van der Waals surface area contributed by atoms with E-state index in [9.17, 15) is 37.5 Å². The molecule has 1 aromatic carbocycles. The van der Waals surface area contributed by atoms with Gasteiger partial charge in [-0.2, -0.15) is 0 Å². The molecule has 38 heavy (non-hydrogen) atoms. The first-order valence-corrected chi connectivity index (χ1v) is 11.7. The van der Waals surface area contributed by atoms with Crippen molar-refractivity contribution in [1.29, 1.82) is 0 Å². The zero-order chi connectivity index (χ0) is 28.8. The van der Waals surface area contributed by atoms with Crippen molar-refractivity contribution in [3.8, 4) is 0 Å². The summed E-state index contributed by atoms with van der Waals surface area (Å²) in [4.78, 5) is 71.9. The highest BCUT2D eigenvalue weighted by molar-refractivity contribution is 6.35. The average Bonchev–Trinajstić information content (AvgIpc) is 2.86. The second-order valence-electron chi connectivity index (χ2n) is 8.42. The molecule has 5 N–H and O–H groups in total. The molecule has 3 amide bonds. The third-order valence-corrected chi connectivity index (χ3v) is 5.52. The first kappa shape index (κ1) is 31.9. The first-order chi connectivity index (χ1) is 17.8. The van der Waals surface area contributed by atoms with Gasteiger partial charge in [-0.05, 0) is 17.9 Å². The predicted molar refractivity (Wildman–Crippen MR) is 127 cm³/mol. The van der Waals surface area contributed by atoms with Gasteiger partial charge in [-0.3, -0.25) is 19.2 Å². The molecule has 0 saturated heterocycles. The summed E-state index contributed by atoms with van der Waals surface area (Å²) in [6, 6.07) is 3.70. The van der Waals surface area contributed by atoms with Crippen LogP contribution in [0, 0.1) is 5.92 Å². The van der Waals surface area contributed by atoms with Crippen LogP contribution in [0.25, 0.3) is 0 Å². The first-order valence-electron chi connectivity index (χ1n) is 11.7. The van der Waals surface area contributed by atoms with Crippen LogP contribution in [0.2, 0.25) is 0 Å². The number of nitrogens with one attached hydrogen (secondary N) is 3. The minimum Gasteiger partial charge on any atom is -0.481 e. The van der Waals surface area contributed by atoms with E-state index >= 15 is 0 Å². The van der Waals surface area contributed by atoms with Crippen LogP contribution in [0.15, 0.2) is 30.3 Å². The number of aliphatic carboxylic acids is 2. The van der Waals surface area contributed by atoms with Gasteiger partial charge < -0.3 is 30.9 Å². The molecule has 1 rings (SSSR count). The third kappa shape index (κ3) is 11.3. The van der Waals surface area contributed by atoms with Crippen molar-refractivity contribution < 1.29 is 52.5 Å². The number of rotatable bonds is 16. The maximum absolute atomic E-state index is 13.0. The molecule has 4 atom stereocenters. The van der Waals surface area contributed by atoms with Crippen LogP contribution in [0.5, 0.6) is 0 Å². The van der Waals surface area contributed by atoms with E-state index in [0.717, 1.165) is 0 Å². The summed E-state index contributed by atoms with van der Waals surface area (Å²) in [5.74, 6) is -7.74. The van der Waals surface area contributed by atoms with Gasteiger partial charge in [0.2, 0.25) is 18.2 Å². The molecule has 0 aliphatic carbocycles. The Balaban J connectivity index is 3.02. The number of carboxylic acids is 2. The van der Waals surface area contributed by atoms with Crippen molar-refractivity contribution in [2.45, 2.75) is 70.7 Å². The Morgan fingerprint density at radius 3 is 2.05 bits per heavy atom. The molecule has 0 aliphatic rings. The second-order valence-corrected chi connectivity index (χ2v) is 8.42. The lowest BCUT2D eigenvalue weighted by molar-refractivity contribution is -0.151. The van der Waals surface area contributed by atoms with Gasteiger partial charge in [-0.15, -0.1) is 0 Å². The lowest BCUT2D eigenvalue weighted by Crippen LogP contribution is -2.57. The fraction of sp³-hybridized carbons (Fsp3) is 0.500. The Hall–Kier alpha value is -4.10. The maximum Gasteiger partial charge on any atom is 0.408 e. The molecule has 0 radical (unpaired) electrons. The zero-order valence-corrected chi connectivity index (χ0v) is 20.8. The topological polar surface area (TPSA) is 188 Å². The van der Waals surface area contributed by atoms with Gasteiger partial charge in [-0.1, -0.05) is 50.6 Å². The SMILES string of the molecule is CC[C@H](C)C(NC(=O)OCc1ccccc1)C(=O)NC(CCC(=O)O)C(=O)NC(CC(F)F)C(=O)C(=O)O. The standard InChI is InChI=1S/C24H31F2N3O9/c1-3-13(2)19(29-24(37)38-12-14-7-5-4-6-8-14)22(34)27-15(9-10-18(30)31)21(33)28-16(11-17(25)26)20(32)23(35)36/h4-8,13,15-17,19H,3,9-12H2,1-2H3,(H,27,34)(H,28,33)(H,29,37)(H,30,31)(H,35,36)/t13-,15?,16?,19?/m0/s1. The number of carbonyl (C=O) groups excluding carboxylic acids is 4. The quantitative estimate of drug-likeness (QED) is 0.192. The molecule has 3 unspecified atom stereocenters. The van der Waals surface area contributed by atoms with E-state index in [0.29, 0.717) is 12.0 Å². The maximum atomic E-state index is 13.0. The van der Waals surface area contributed by atoms with Gasteiger partial charge in [0, 0.05) is 12.8 Å². The van der Waals surface area contributed by atoms with Gasteiger partial charge >= 0.3 is 18.0 Å². The molecular weight excluding hydrogens is 512 g/mol. The Labute approximate surface area is 217 Å². The number of Topliss-reactive ketones (excluding diaryl/α,β-unsaturated/α-hetero) is 1. The number of amides is 3. The fourth-order valence-corrected chi connectivity index (χ4v) is 3.22. The van der Waals surface area contributed by atoms with Crippen LogP contribution in [0.4, 0.5) is 13.6 Å². The van der Waals surface area contributed by atoms with Crippen LogP contribution >= 0.6 is 0 Å².